The van der Waals surface area contributed by atoms with Crippen molar-refractivity contribution in [2.45, 2.75) is 19.9 Å². The maximum Gasteiger partial charge on any atom is 0.181 e. The van der Waals surface area contributed by atoms with E-state index in [9.17, 15) is 0 Å². The fourth-order valence-corrected chi connectivity index (χ4v) is 6.17. The summed E-state index contributed by atoms with van der Waals surface area (Å²) >= 11 is 4.62. The van der Waals surface area contributed by atoms with Gasteiger partial charge in [0.05, 0.1) is 43.2 Å². The molecule has 0 radical (unpaired) electrons. The molecule has 31 heavy (non-hydrogen) atoms. The Bertz CT molecular complexity index is 1270. The zero-order valence-electron chi connectivity index (χ0n) is 17.1. The van der Waals surface area contributed by atoms with Gasteiger partial charge < -0.3 is 9.64 Å². The Morgan fingerprint density at radius 3 is 2.77 bits per heavy atom. The third kappa shape index (κ3) is 3.74. The lowest BCUT2D eigenvalue weighted by Gasteiger charge is -2.34. The van der Waals surface area contributed by atoms with Gasteiger partial charge >= 0.3 is 0 Å². The van der Waals surface area contributed by atoms with Crippen LogP contribution in [0.15, 0.2) is 18.3 Å². The van der Waals surface area contributed by atoms with E-state index in [1.54, 1.807) is 10.9 Å². The van der Waals surface area contributed by atoms with Crippen LogP contribution in [0.2, 0.25) is 0 Å². The number of imidazole rings is 1. The lowest BCUT2D eigenvalue weighted by molar-refractivity contribution is 0.0984. The molecule has 10 nitrogen and oxygen atoms in total. The van der Waals surface area contributed by atoms with E-state index in [0.717, 1.165) is 50.0 Å². The fraction of sp³-hybridized carbons (Fsp3) is 0.389. The van der Waals surface area contributed by atoms with Crippen LogP contribution in [-0.2, 0) is 11.8 Å². The first-order valence-electron chi connectivity index (χ1n) is 9.70. The number of hydrogen-bond acceptors (Lipinski definition) is 7. The number of morpholine rings is 1. The largest absolute Gasteiger partial charge is 0.377 e. The fourth-order valence-electron chi connectivity index (χ4n) is 3.86. The highest BCUT2D eigenvalue weighted by molar-refractivity contribution is 14.2. The Morgan fingerprint density at radius 2 is 2.06 bits per heavy atom. The molecule has 0 saturated carbocycles. The van der Waals surface area contributed by atoms with Gasteiger partial charge in [0.2, 0.25) is 0 Å². The minimum absolute atomic E-state index is 0.228. The zero-order valence-corrected chi connectivity index (χ0v) is 22.4. The van der Waals surface area contributed by atoms with E-state index in [1.807, 2.05) is 22.9 Å². The Balaban J connectivity index is 1.81. The van der Waals surface area contributed by atoms with E-state index >= 15 is 0 Å². The number of aromatic nitrogens is 8. The first-order valence-corrected chi connectivity index (χ1v) is 14.8. The number of nitrogens with zero attached hydrogens (tertiary/aromatic N) is 9. The number of ether oxygens (including phenoxy) is 1. The van der Waals surface area contributed by atoms with Crippen molar-refractivity contribution in [3.05, 3.63) is 27.7 Å². The predicted molar refractivity (Wildman–Crippen MR) is 137 cm³/mol. The maximum atomic E-state index is 5.65. The van der Waals surface area contributed by atoms with Crippen LogP contribution in [0.25, 0.3) is 28.3 Å². The molecule has 5 rings (SSSR count). The SMILES string of the molecule is Cc1cc(-c2nc(I)c3c(-c4cnnn4C)cc(N4CCOC[C@H]4C)nn23)n(PI)n1. The molecule has 1 fully saturated rings. The summed E-state index contributed by atoms with van der Waals surface area (Å²) in [4.78, 5) is 7.21. The Kier molecular flexibility index (Phi) is 5.90. The van der Waals surface area contributed by atoms with Crippen molar-refractivity contribution in [3.63, 3.8) is 0 Å². The first-order chi connectivity index (χ1) is 15.0. The average Bonchev–Trinajstić information content (AvgIpc) is 3.44. The second kappa shape index (κ2) is 8.52. The number of halogens is 2. The van der Waals surface area contributed by atoms with Gasteiger partial charge in [-0.05, 0) is 70.6 Å². The molecule has 1 aliphatic rings. The van der Waals surface area contributed by atoms with E-state index in [1.165, 1.54) is 0 Å². The van der Waals surface area contributed by atoms with Gasteiger partial charge in [0.25, 0.3) is 0 Å². The minimum atomic E-state index is 0.228. The summed E-state index contributed by atoms with van der Waals surface area (Å²) in [6, 6.07) is 4.41. The standard InChI is InChI=1S/C18H20I2N9OP/c1-10-6-13(29(23-10)31-20)18-22-17(19)16-12(14-8-21-25-26(14)3)7-15(24-28(16)18)27-4-5-30-9-11(27)2/h6-8,11,31H,4-5,9H2,1-3H3/t11-/m1/s1. The van der Waals surface area contributed by atoms with E-state index in [2.05, 4.69) is 84.0 Å². The zero-order chi connectivity index (χ0) is 21.7. The van der Waals surface area contributed by atoms with Crippen molar-refractivity contribution in [2.24, 2.45) is 7.05 Å². The minimum Gasteiger partial charge on any atom is -0.377 e. The number of aryl methyl sites for hydroxylation is 2. The molecule has 162 valence electrons. The van der Waals surface area contributed by atoms with Gasteiger partial charge in [0.15, 0.2) is 11.6 Å². The molecule has 0 N–H and O–H groups in total. The molecule has 13 heteroatoms. The average molecular weight is 663 g/mol. The molecule has 0 bridgehead atoms. The normalized spacial score (nSPS) is 17.5. The van der Waals surface area contributed by atoms with Gasteiger partial charge in [-0.3, -0.25) is 0 Å². The lowest BCUT2D eigenvalue weighted by atomic mass is 10.1. The van der Waals surface area contributed by atoms with E-state index in [0.29, 0.717) is 19.6 Å². The molecule has 4 aromatic heterocycles. The molecule has 1 saturated heterocycles. The van der Waals surface area contributed by atoms with Crippen LogP contribution in [0.5, 0.6) is 0 Å². The topological polar surface area (TPSA) is 91.2 Å². The molecule has 0 amide bonds. The Labute approximate surface area is 207 Å². The maximum absolute atomic E-state index is 5.65. The second-order valence-electron chi connectivity index (χ2n) is 7.43. The second-order valence-corrected chi connectivity index (χ2v) is 10.5. The van der Waals surface area contributed by atoms with Crippen molar-refractivity contribution in [2.75, 3.05) is 24.7 Å². The van der Waals surface area contributed by atoms with E-state index < -0.39 is 0 Å². The highest BCUT2D eigenvalue weighted by atomic mass is 127. The summed E-state index contributed by atoms with van der Waals surface area (Å²) < 4.78 is 12.2. The molecule has 5 heterocycles. The first kappa shape index (κ1) is 21.5. The van der Waals surface area contributed by atoms with Crippen molar-refractivity contribution < 1.29 is 4.74 Å². The molecule has 4 aromatic rings. The summed E-state index contributed by atoms with van der Waals surface area (Å²) in [5.74, 6) is 1.66. The highest BCUT2D eigenvalue weighted by Crippen LogP contribution is 2.36. The van der Waals surface area contributed by atoms with Crippen LogP contribution < -0.4 is 4.90 Å². The Hall–Kier alpha value is -1.38. The van der Waals surface area contributed by atoms with Crippen LogP contribution in [0, 0.1) is 10.6 Å². The summed E-state index contributed by atoms with van der Waals surface area (Å²) in [7, 11) is 1.90. The highest BCUT2D eigenvalue weighted by Gasteiger charge is 2.26. The Morgan fingerprint density at radius 1 is 1.23 bits per heavy atom. The monoisotopic (exact) mass is 663 g/mol. The quantitative estimate of drug-likeness (QED) is 0.245. The van der Waals surface area contributed by atoms with Gasteiger partial charge in [0.1, 0.15) is 14.9 Å². The number of hydrogen-bond donors (Lipinski definition) is 0. The third-order valence-corrected chi connectivity index (χ3v) is 7.96. The van der Waals surface area contributed by atoms with Crippen molar-refractivity contribution >= 4 is 62.3 Å². The van der Waals surface area contributed by atoms with Crippen LogP contribution in [0.1, 0.15) is 12.6 Å². The summed E-state index contributed by atoms with van der Waals surface area (Å²) in [6.07, 6.45) is 2.25. The molecular weight excluding hydrogens is 643 g/mol. The van der Waals surface area contributed by atoms with Gasteiger partial charge in [-0.1, -0.05) is 5.21 Å². The third-order valence-electron chi connectivity index (χ3n) is 5.34. The number of anilines is 1. The smallest absolute Gasteiger partial charge is 0.181 e. The van der Waals surface area contributed by atoms with Crippen LogP contribution >= 0.6 is 51.0 Å². The van der Waals surface area contributed by atoms with Gasteiger partial charge in [-0.2, -0.15) is 5.10 Å². The number of rotatable bonds is 4. The molecule has 1 unspecified atom stereocenters. The van der Waals surface area contributed by atoms with Crippen LogP contribution in [0.3, 0.4) is 0 Å². The molecule has 0 aromatic carbocycles. The van der Waals surface area contributed by atoms with E-state index in [-0.39, 0.29) is 6.04 Å². The molecular formula is C18H20I2N9OP. The molecule has 1 aliphatic heterocycles. The van der Waals surface area contributed by atoms with Gasteiger partial charge in [-0.25, -0.2) is 18.6 Å². The molecule has 0 spiro atoms. The molecule has 2 atom stereocenters. The van der Waals surface area contributed by atoms with Crippen LogP contribution in [-0.4, -0.2) is 64.9 Å². The molecule has 0 aliphatic carbocycles. The van der Waals surface area contributed by atoms with Crippen molar-refractivity contribution in [3.8, 4) is 22.8 Å². The van der Waals surface area contributed by atoms with E-state index in [4.69, 9.17) is 14.8 Å². The van der Waals surface area contributed by atoms with Crippen molar-refractivity contribution in [1.82, 2.24) is 39.1 Å². The van der Waals surface area contributed by atoms with Crippen molar-refractivity contribution in [1.29, 1.82) is 0 Å². The predicted octanol–water partition coefficient (Wildman–Crippen LogP) is 3.32. The summed E-state index contributed by atoms with van der Waals surface area (Å²) in [5, 5.41) is 17.9. The van der Waals surface area contributed by atoms with Crippen LogP contribution in [0.4, 0.5) is 5.82 Å². The van der Waals surface area contributed by atoms with Gasteiger partial charge in [-0.15, -0.1) is 10.2 Å². The lowest BCUT2D eigenvalue weighted by Crippen LogP contribution is -2.44. The summed E-state index contributed by atoms with van der Waals surface area (Å²) in [5.41, 5.74) is 4.77. The number of fused-ring (bicyclic) bond motifs is 1. The summed E-state index contributed by atoms with van der Waals surface area (Å²) in [6.45, 7) is 6.31. The van der Waals surface area contributed by atoms with Gasteiger partial charge in [0, 0.05) is 19.2 Å².